The van der Waals surface area contributed by atoms with E-state index in [-0.39, 0.29) is 0 Å². The van der Waals surface area contributed by atoms with Gasteiger partial charge in [-0.15, -0.1) is 0 Å². The molecular weight excluding hydrogens is 386 g/mol. The Bertz CT molecular complexity index is 1020. The van der Waals surface area contributed by atoms with Gasteiger partial charge in [-0.1, -0.05) is 49.7 Å². The van der Waals surface area contributed by atoms with E-state index < -0.39 is 0 Å². The lowest BCUT2D eigenvalue weighted by atomic mass is 10.0. The summed E-state index contributed by atoms with van der Waals surface area (Å²) in [7, 11) is 0. The average Bonchev–Trinajstić information content (AvgIpc) is 3.00. The number of aromatic nitrogens is 1. The van der Waals surface area contributed by atoms with E-state index in [4.69, 9.17) is 23.8 Å². The third-order valence-electron chi connectivity index (χ3n) is 6.13. The van der Waals surface area contributed by atoms with Crippen molar-refractivity contribution in [3.63, 3.8) is 0 Å². The number of hydrogen-bond donors (Lipinski definition) is 3. The number of para-hydroxylation sites is 1. The summed E-state index contributed by atoms with van der Waals surface area (Å²) in [6, 6.07) is 16.2. The van der Waals surface area contributed by atoms with Gasteiger partial charge in [-0.2, -0.15) is 0 Å². The van der Waals surface area contributed by atoms with Gasteiger partial charge >= 0.3 is 0 Å². The number of aromatic amines is 1. The predicted molar refractivity (Wildman–Crippen MR) is 123 cm³/mol. The van der Waals surface area contributed by atoms with E-state index in [2.05, 4.69) is 60.7 Å². The molecule has 3 aromatic rings. The van der Waals surface area contributed by atoms with Crippen LogP contribution in [0.4, 0.5) is 5.69 Å². The van der Waals surface area contributed by atoms with Crippen LogP contribution in [0.5, 0.6) is 0 Å². The fourth-order valence-corrected chi connectivity index (χ4v) is 5.05. The maximum Gasteiger partial charge on any atom is 0.170 e. The Morgan fingerprint density at radius 1 is 1.18 bits per heavy atom. The second kappa shape index (κ2) is 7.41. The standard InChI is InChI=1S/C23H26ClN3S/c1-14-20(17-9-4-5-10-19(17)26-14)21-18(23(21,2)3)11-12-25-22(28)27-16-8-6-7-15(24)13-16/h4-10,13,18,21,26H,11-12H2,1-3H3,(H2,25,27,28)/t18-,21-/m1/s1. The molecule has 4 rings (SSSR count). The largest absolute Gasteiger partial charge is 0.362 e. The number of rotatable bonds is 5. The van der Waals surface area contributed by atoms with Crippen molar-refractivity contribution in [3.05, 3.63) is 64.8 Å². The first-order chi connectivity index (χ1) is 13.4. The lowest BCUT2D eigenvalue weighted by molar-refractivity contribution is 0.528. The number of halogens is 1. The molecule has 2 atom stereocenters. The van der Waals surface area contributed by atoms with Gasteiger partial charge < -0.3 is 15.6 Å². The lowest BCUT2D eigenvalue weighted by Gasteiger charge is -2.11. The van der Waals surface area contributed by atoms with Crippen LogP contribution < -0.4 is 10.6 Å². The minimum Gasteiger partial charge on any atom is -0.362 e. The van der Waals surface area contributed by atoms with E-state index in [1.165, 1.54) is 22.2 Å². The molecule has 1 saturated carbocycles. The van der Waals surface area contributed by atoms with Crippen molar-refractivity contribution >= 4 is 45.5 Å². The number of fused-ring (bicyclic) bond motifs is 1. The van der Waals surface area contributed by atoms with Gasteiger partial charge in [0.05, 0.1) is 0 Å². The average molecular weight is 412 g/mol. The monoisotopic (exact) mass is 411 g/mol. The van der Waals surface area contributed by atoms with Crippen LogP contribution in [0.3, 0.4) is 0 Å². The summed E-state index contributed by atoms with van der Waals surface area (Å²) in [6.07, 6.45) is 1.09. The van der Waals surface area contributed by atoms with Crippen LogP contribution in [0.2, 0.25) is 5.02 Å². The fourth-order valence-electron chi connectivity index (χ4n) is 4.64. The van der Waals surface area contributed by atoms with Crippen molar-refractivity contribution < 1.29 is 0 Å². The zero-order chi connectivity index (χ0) is 19.9. The third-order valence-corrected chi connectivity index (χ3v) is 6.61. The Kier molecular flexibility index (Phi) is 5.11. The summed E-state index contributed by atoms with van der Waals surface area (Å²) in [5, 5.41) is 9.25. The molecule has 1 aliphatic carbocycles. The van der Waals surface area contributed by atoms with Crippen LogP contribution >= 0.6 is 23.8 Å². The van der Waals surface area contributed by atoms with Gasteiger partial charge in [-0.25, -0.2) is 0 Å². The van der Waals surface area contributed by atoms with Gasteiger partial charge in [-0.3, -0.25) is 0 Å². The summed E-state index contributed by atoms with van der Waals surface area (Å²) in [5.74, 6) is 1.23. The van der Waals surface area contributed by atoms with Crippen LogP contribution in [-0.2, 0) is 0 Å². The molecule has 0 spiro atoms. The molecule has 1 aromatic heterocycles. The molecule has 1 fully saturated rings. The van der Waals surface area contributed by atoms with Crippen LogP contribution in [0.1, 0.15) is 37.4 Å². The molecule has 0 aliphatic heterocycles. The Labute approximate surface area is 176 Å². The van der Waals surface area contributed by atoms with E-state index in [1.54, 1.807) is 0 Å². The van der Waals surface area contributed by atoms with Crippen molar-refractivity contribution in [2.75, 3.05) is 11.9 Å². The highest BCUT2D eigenvalue weighted by Gasteiger charge is 2.58. The van der Waals surface area contributed by atoms with Gasteiger partial charge in [0.25, 0.3) is 0 Å². The van der Waals surface area contributed by atoms with Crippen molar-refractivity contribution in [2.45, 2.75) is 33.1 Å². The number of H-pyrrole nitrogens is 1. The molecule has 0 unspecified atom stereocenters. The smallest absolute Gasteiger partial charge is 0.170 e. The van der Waals surface area contributed by atoms with E-state index in [1.807, 2.05) is 24.3 Å². The zero-order valence-electron chi connectivity index (χ0n) is 16.5. The normalized spacial score (nSPS) is 20.1. The summed E-state index contributed by atoms with van der Waals surface area (Å²) in [6.45, 7) is 7.82. The van der Waals surface area contributed by atoms with Gasteiger partial charge in [0.15, 0.2) is 5.11 Å². The highest BCUT2D eigenvalue weighted by Crippen LogP contribution is 2.67. The minimum absolute atomic E-state index is 0.305. The molecule has 1 aliphatic rings. The zero-order valence-corrected chi connectivity index (χ0v) is 18.0. The molecule has 28 heavy (non-hydrogen) atoms. The Hall–Kier alpha value is -2.04. The number of benzene rings is 2. The van der Waals surface area contributed by atoms with E-state index >= 15 is 0 Å². The highest BCUT2D eigenvalue weighted by molar-refractivity contribution is 7.80. The Morgan fingerprint density at radius 3 is 2.75 bits per heavy atom. The maximum absolute atomic E-state index is 6.03. The van der Waals surface area contributed by atoms with Gasteiger partial charge in [0.2, 0.25) is 0 Å². The van der Waals surface area contributed by atoms with Crippen LogP contribution in [-0.4, -0.2) is 16.6 Å². The lowest BCUT2D eigenvalue weighted by Crippen LogP contribution is -2.29. The number of hydrogen-bond acceptors (Lipinski definition) is 1. The Morgan fingerprint density at radius 2 is 1.96 bits per heavy atom. The highest BCUT2D eigenvalue weighted by atomic mass is 35.5. The molecule has 0 amide bonds. The first-order valence-corrected chi connectivity index (χ1v) is 10.5. The number of thiocarbonyl (C=S) groups is 1. The molecular formula is C23H26ClN3S. The minimum atomic E-state index is 0.305. The van der Waals surface area contributed by atoms with Gasteiger partial charge in [0.1, 0.15) is 0 Å². The third kappa shape index (κ3) is 3.63. The first kappa shape index (κ1) is 19.3. The number of aryl methyl sites for hydroxylation is 1. The maximum atomic E-state index is 6.03. The van der Waals surface area contributed by atoms with Crippen molar-refractivity contribution in [1.29, 1.82) is 0 Å². The molecule has 146 valence electrons. The van der Waals surface area contributed by atoms with Crippen LogP contribution in [0, 0.1) is 18.3 Å². The molecule has 2 aromatic carbocycles. The summed E-state index contributed by atoms with van der Waals surface area (Å²) < 4.78 is 0. The number of anilines is 1. The van der Waals surface area contributed by atoms with E-state index in [0.717, 1.165) is 18.7 Å². The molecule has 1 heterocycles. The quantitative estimate of drug-likeness (QED) is 0.435. The van der Waals surface area contributed by atoms with E-state index in [9.17, 15) is 0 Å². The van der Waals surface area contributed by atoms with Crippen LogP contribution in [0.25, 0.3) is 10.9 Å². The summed E-state index contributed by atoms with van der Waals surface area (Å²) in [4.78, 5) is 3.56. The molecule has 0 radical (unpaired) electrons. The topological polar surface area (TPSA) is 39.9 Å². The molecule has 3 N–H and O–H groups in total. The second-order valence-corrected chi connectivity index (χ2v) is 9.14. The van der Waals surface area contributed by atoms with Crippen molar-refractivity contribution in [3.8, 4) is 0 Å². The molecule has 0 saturated heterocycles. The SMILES string of the molecule is Cc1[nH]c2ccccc2c1[C@H]1[C@@H](CCNC(=S)Nc2cccc(Cl)c2)C1(C)C. The molecule has 5 heteroatoms. The predicted octanol–water partition coefficient (Wildman–Crippen LogP) is 6.25. The van der Waals surface area contributed by atoms with Gasteiger partial charge in [-0.05, 0) is 72.6 Å². The Balaban J connectivity index is 1.38. The van der Waals surface area contributed by atoms with Crippen molar-refractivity contribution in [1.82, 2.24) is 10.3 Å². The molecule has 3 nitrogen and oxygen atoms in total. The van der Waals surface area contributed by atoms with Crippen molar-refractivity contribution in [2.24, 2.45) is 11.3 Å². The number of nitrogens with one attached hydrogen (secondary N) is 3. The fraction of sp³-hybridized carbons (Fsp3) is 0.348. The summed E-state index contributed by atoms with van der Waals surface area (Å²) >= 11 is 11.5. The van der Waals surface area contributed by atoms with Gasteiger partial charge in [0, 0.05) is 33.9 Å². The van der Waals surface area contributed by atoms with E-state index in [0.29, 0.717) is 27.4 Å². The first-order valence-electron chi connectivity index (χ1n) is 9.75. The second-order valence-electron chi connectivity index (χ2n) is 8.29. The summed E-state index contributed by atoms with van der Waals surface area (Å²) in [5.41, 5.74) is 5.24. The van der Waals surface area contributed by atoms with Crippen LogP contribution in [0.15, 0.2) is 48.5 Å². The molecule has 0 bridgehead atoms.